The van der Waals surface area contributed by atoms with Gasteiger partial charge in [-0.2, -0.15) is 4.98 Å². The van der Waals surface area contributed by atoms with Crippen molar-refractivity contribution in [3.8, 4) is 16.9 Å². The molecule has 0 bridgehead atoms. The van der Waals surface area contributed by atoms with Crippen molar-refractivity contribution in [1.29, 1.82) is 0 Å². The number of halogens is 2. The lowest BCUT2D eigenvalue weighted by molar-refractivity contribution is -0.126. The minimum atomic E-state index is -3.82. The second kappa shape index (κ2) is 11.2. The van der Waals surface area contributed by atoms with Crippen molar-refractivity contribution in [2.45, 2.75) is 19.9 Å². The highest BCUT2D eigenvalue weighted by atomic mass is 32.2. The number of nitrogens with zero attached hydrogens (tertiary/aromatic N) is 7. The number of amides is 1. The number of anilines is 2. The zero-order valence-electron chi connectivity index (χ0n) is 24.0. The quantitative estimate of drug-likeness (QED) is 0.306. The third kappa shape index (κ3) is 5.33. The second-order valence-electron chi connectivity index (χ2n) is 10.3. The van der Waals surface area contributed by atoms with E-state index in [2.05, 4.69) is 21.5 Å². The zero-order chi connectivity index (χ0) is 31.2. The average molecular weight is 610 g/mol. The van der Waals surface area contributed by atoms with Crippen LogP contribution in [0.15, 0.2) is 60.0 Å². The maximum Gasteiger partial charge on any atom is 0.355 e. The summed E-state index contributed by atoms with van der Waals surface area (Å²) >= 11 is 0. The van der Waals surface area contributed by atoms with Gasteiger partial charge in [0.05, 0.1) is 17.3 Å². The third-order valence-electron chi connectivity index (χ3n) is 7.44. The molecule has 4 aromatic rings. The van der Waals surface area contributed by atoms with Crippen molar-refractivity contribution >= 4 is 38.6 Å². The zero-order valence-corrected chi connectivity index (χ0v) is 24.8. The molecule has 43 heavy (non-hydrogen) atoms. The molecule has 11 nitrogen and oxygen atoms in total. The highest BCUT2D eigenvalue weighted by molar-refractivity contribution is 7.92. The molecule has 0 spiro atoms. The van der Waals surface area contributed by atoms with Crippen LogP contribution in [0.1, 0.15) is 12.5 Å². The van der Waals surface area contributed by atoms with E-state index in [0.717, 1.165) is 21.2 Å². The van der Waals surface area contributed by atoms with E-state index in [1.807, 2.05) is 6.92 Å². The molecular weight excluding hydrogens is 580 g/mol. The van der Waals surface area contributed by atoms with Crippen LogP contribution in [0, 0.1) is 18.6 Å². The molecule has 1 amide bonds. The lowest BCUT2D eigenvalue weighted by Crippen LogP contribution is -2.54. The van der Waals surface area contributed by atoms with E-state index < -0.39 is 27.3 Å². The molecule has 0 saturated carbocycles. The fourth-order valence-corrected chi connectivity index (χ4v) is 5.62. The van der Waals surface area contributed by atoms with Crippen molar-refractivity contribution in [3.63, 3.8) is 0 Å². The summed E-state index contributed by atoms with van der Waals surface area (Å²) in [7, 11) is -2.53. The topological polar surface area (TPSA) is 122 Å². The van der Waals surface area contributed by atoms with Crippen LogP contribution in [0.25, 0.3) is 28.0 Å². The Bertz CT molecular complexity index is 1950. The van der Waals surface area contributed by atoms with Crippen LogP contribution in [-0.4, -0.2) is 77.7 Å². The molecule has 14 heteroatoms. The average Bonchev–Trinajstić information content (AvgIpc) is 2.96. The number of benzene rings is 1. The minimum Gasteiger partial charge on any atom is -0.350 e. The van der Waals surface area contributed by atoms with Gasteiger partial charge in [0.2, 0.25) is 15.9 Å². The van der Waals surface area contributed by atoms with Crippen molar-refractivity contribution < 1.29 is 22.0 Å². The fourth-order valence-electron chi connectivity index (χ4n) is 5.17. The molecule has 0 unspecified atom stereocenters. The Morgan fingerprint density at radius 3 is 2.51 bits per heavy atom. The Kier molecular flexibility index (Phi) is 7.73. The minimum absolute atomic E-state index is 0.0671. The van der Waals surface area contributed by atoms with E-state index in [1.165, 1.54) is 43.6 Å². The van der Waals surface area contributed by atoms with Crippen molar-refractivity contribution in [1.82, 2.24) is 24.4 Å². The molecule has 5 rings (SSSR count). The Labute approximate surface area is 246 Å². The van der Waals surface area contributed by atoms with Gasteiger partial charge in [0.25, 0.3) is 0 Å². The first-order valence-electron chi connectivity index (χ1n) is 13.3. The first-order valence-corrected chi connectivity index (χ1v) is 15.1. The van der Waals surface area contributed by atoms with Crippen LogP contribution in [0.5, 0.6) is 0 Å². The summed E-state index contributed by atoms with van der Waals surface area (Å²) in [6.45, 7) is 7.90. The molecule has 0 radical (unpaired) electrons. The molecule has 4 heterocycles. The lowest BCUT2D eigenvalue weighted by Gasteiger charge is -2.40. The predicted molar refractivity (Wildman–Crippen MR) is 160 cm³/mol. The molecule has 224 valence electrons. The molecule has 1 aliphatic heterocycles. The van der Waals surface area contributed by atoms with E-state index in [1.54, 1.807) is 22.8 Å². The highest BCUT2D eigenvalue weighted by Crippen LogP contribution is 2.34. The number of pyridine rings is 2. The third-order valence-corrected chi connectivity index (χ3v) is 8.61. The van der Waals surface area contributed by atoms with E-state index in [4.69, 9.17) is 0 Å². The standard InChI is InChI=1S/C29H29F2N7O4S/c1-6-23(39)36-13-14-37(18(3)16-36)26-20-15-22(31)24(19-9-7-8-10-21(19)30)33-27(20)38(29(40)34-26)25-17(2)11-12-32-28(25)35(4)43(5,41)42/h6-12,15,18H,1,13-14,16H2,2-5H3/t18-/m0/s1. The SMILES string of the molecule is C=CC(=O)N1CCN(c2nc(=O)n(-c3c(C)ccnc3N(C)S(C)(=O)=O)c3nc(-c4ccccc4F)c(F)cc23)[C@@H](C)C1. The number of carbonyl (C=O) groups is 1. The van der Waals surface area contributed by atoms with Gasteiger partial charge < -0.3 is 9.80 Å². The number of fused-ring (bicyclic) bond motifs is 1. The summed E-state index contributed by atoms with van der Waals surface area (Å²) in [6, 6.07) is 7.92. The highest BCUT2D eigenvalue weighted by Gasteiger charge is 2.31. The van der Waals surface area contributed by atoms with Gasteiger partial charge in [-0.25, -0.2) is 36.5 Å². The number of aryl methyl sites for hydroxylation is 1. The van der Waals surface area contributed by atoms with Crippen LogP contribution < -0.4 is 14.9 Å². The van der Waals surface area contributed by atoms with E-state index in [0.29, 0.717) is 18.7 Å². The number of aromatic nitrogens is 4. The van der Waals surface area contributed by atoms with E-state index in [-0.39, 0.29) is 58.1 Å². The monoisotopic (exact) mass is 609 g/mol. The van der Waals surface area contributed by atoms with Gasteiger partial charge >= 0.3 is 5.69 Å². The summed E-state index contributed by atoms with van der Waals surface area (Å²) in [5.41, 5.74) is -0.854. The predicted octanol–water partition coefficient (Wildman–Crippen LogP) is 3.05. The Hall–Kier alpha value is -4.72. The first-order chi connectivity index (χ1) is 20.3. The van der Waals surface area contributed by atoms with Crippen LogP contribution >= 0.6 is 0 Å². The van der Waals surface area contributed by atoms with Gasteiger partial charge in [0.15, 0.2) is 11.5 Å². The van der Waals surface area contributed by atoms with E-state index >= 15 is 4.39 Å². The number of hydrogen-bond acceptors (Lipinski definition) is 8. The van der Waals surface area contributed by atoms with Crippen molar-refractivity contribution in [3.05, 3.63) is 82.9 Å². The number of piperazine rings is 1. The van der Waals surface area contributed by atoms with Gasteiger partial charge in [0, 0.05) is 44.5 Å². The number of hydrogen-bond donors (Lipinski definition) is 0. The van der Waals surface area contributed by atoms with Crippen LogP contribution in [0.4, 0.5) is 20.4 Å². The molecule has 1 saturated heterocycles. The van der Waals surface area contributed by atoms with Crippen molar-refractivity contribution in [2.75, 3.05) is 42.1 Å². The summed E-state index contributed by atoms with van der Waals surface area (Å²) in [5, 5.41) is 0.128. The molecule has 1 fully saturated rings. The maximum absolute atomic E-state index is 15.8. The molecule has 0 aliphatic carbocycles. The molecule has 0 N–H and O–H groups in total. The fraction of sp³-hybridized carbons (Fsp3) is 0.276. The van der Waals surface area contributed by atoms with Gasteiger partial charge in [-0.3, -0.25) is 9.10 Å². The smallest absolute Gasteiger partial charge is 0.350 e. The molecule has 1 aromatic carbocycles. The normalized spacial score (nSPS) is 15.5. The largest absolute Gasteiger partial charge is 0.355 e. The first kappa shape index (κ1) is 29.8. The maximum atomic E-state index is 15.8. The number of carbonyl (C=O) groups excluding carboxylic acids is 1. The van der Waals surface area contributed by atoms with Gasteiger partial charge in [-0.1, -0.05) is 18.7 Å². The molecule has 1 aliphatic rings. The Morgan fingerprint density at radius 2 is 1.86 bits per heavy atom. The summed E-state index contributed by atoms with van der Waals surface area (Å²) in [4.78, 5) is 42.6. The Morgan fingerprint density at radius 1 is 1.14 bits per heavy atom. The lowest BCUT2D eigenvalue weighted by atomic mass is 10.1. The Balaban J connectivity index is 1.84. The summed E-state index contributed by atoms with van der Waals surface area (Å²) in [6.07, 6.45) is 3.61. The number of rotatable bonds is 6. The van der Waals surface area contributed by atoms with Crippen LogP contribution in [0.2, 0.25) is 0 Å². The summed E-state index contributed by atoms with van der Waals surface area (Å²) < 4.78 is 57.7. The molecule has 1 atom stereocenters. The van der Waals surface area contributed by atoms with E-state index in [9.17, 15) is 22.4 Å². The summed E-state index contributed by atoms with van der Waals surface area (Å²) in [5.74, 6) is -1.76. The number of sulfonamides is 1. The second-order valence-corrected chi connectivity index (χ2v) is 12.3. The van der Waals surface area contributed by atoms with Crippen LogP contribution in [0.3, 0.4) is 0 Å². The molecule has 3 aromatic heterocycles. The molecular formula is C29H29F2N7O4S. The van der Waals surface area contributed by atoms with Crippen LogP contribution in [-0.2, 0) is 14.8 Å². The van der Waals surface area contributed by atoms with Gasteiger partial charge in [0.1, 0.15) is 23.1 Å². The van der Waals surface area contributed by atoms with Crippen molar-refractivity contribution in [2.24, 2.45) is 0 Å². The van der Waals surface area contributed by atoms with Gasteiger partial charge in [-0.05, 0) is 49.8 Å². The van der Waals surface area contributed by atoms with Gasteiger partial charge in [-0.15, -0.1) is 0 Å².